The molecule has 1 aromatic carbocycles. The number of piperidine rings is 1. The number of likely N-dealkylation sites (tertiary alicyclic amines) is 1. The van der Waals surface area contributed by atoms with E-state index in [1.807, 2.05) is 30.3 Å². The second kappa shape index (κ2) is 6.31. The molecule has 0 bridgehead atoms. The quantitative estimate of drug-likeness (QED) is 0.735. The third-order valence-corrected chi connectivity index (χ3v) is 4.25. The van der Waals surface area contributed by atoms with Gasteiger partial charge in [0.2, 0.25) is 11.7 Å². The maximum Gasteiger partial charge on any atom is 0.290 e. The van der Waals surface area contributed by atoms with Gasteiger partial charge in [-0.1, -0.05) is 35.5 Å². The van der Waals surface area contributed by atoms with Crippen molar-refractivity contribution in [2.45, 2.75) is 25.3 Å². The zero-order chi connectivity index (χ0) is 16.4. The molecular weight excluding hydrogens is 306 g/mol. The first-order valence-electron chi connectivity index (χ1n) is 8.06. The second-order valence-electron chi connectivity index (χ2n) is 5.81. The molecule has 6 heteroatoms. The van der Waals surface area contributed by atoms with Crippen molar-refractivity contribution in [3.63, 3.8) is 0 Å². The van der Waals surface area contributed by atoms with Crippen LogP contribution in [0.3, 0.4) is 0 Å². The highest BCUT2D eigenvalue weighted by molar-refractivity contribution is 5.91. The molecule has 1 amide bonds. The molecule has 0 radical (unpaired) electrons. The molecule has 1 aliphatic rings. The van der Waals surface area contributed by atoms with Crippen LogP contribution in [-0.2, 0) is 0 Å². The van der Waals surface area contributed by atoms with Gasteiger partial charge < -0.3 is 13.8 Å². The smallest absolute Gasteiger partial charge is 0.290 e. The van der Waals surface area contributed by atoms with Crippen LogP contribution in [0.5, 0.6) is 0 Å². The lowest BCUT2D eigenvalue weighted by molar-refractivity contribution is 0.0529. The average molecular weight is 323 g/mol. The number of benzene rings is 1. The van der Waals surface area contributed by atoms with Crippen LogP contribution in [0.25, 0.3) is 11.4 Å². The van der Waals surface area contributed by atoms with Gasteiger partial charge in [-0.2, -0.15) is 4.98 Å². The van der Waals surface area contributed by atoms with E-state index in [1.54, 1.807) is 17.0 Å². The summed E-state index contributed by atoms with van der Waals surface area (Å²) >= 11 is 0. The highest BCUT2D eigenvalue weighted by Crippen LogP contribution is 2.32. The van der Waals surface area contributed by atoms with Crippen molar-refractivity contribution >= 4 is 5.91 Å². The predicted molar refractivity (Wildman–Crippen MR) is 86.1 cm³/mol. The molecule has 6 nitrogen and oxygen atoms in total. The molecule has 1 saturated heterocycles. The average Bonchev–Trinajstić information content (AvgIpc) is 3.34. The molecule has 1 atom stereocenters. The highest BCUT2D eigenvalue weighted by atomic mass is 16.5. The standard InChI is InChI=1S/C18H17N3O3/c22-18(15-10-6-12-23-15)21-11-5-4-9-14(21)17-19-16(20-24-17)13-7-2-1-3-8-13/h1-3,6-8,10,12,14H,4-5,9,11H2/t14-/m0/s1. The molecule has 0 unspecified atom stereocenters. The number of furan rings is 1. The fraction of sp³-hybridized carbons (Fsp3) is 0.278. The van der Waals surface area contributed by atoms with Crippen molar-refractivity contribution in [1.29, 1.82) is 0 Å². The molecule has 3 aromatic rings. The number of hydrogen-bond acceptors (Lipinski definition) is 5. The van der Waals surface area contributed by atoms with Crippen LogP contribution in [0, 0.1) is 0 Å². The first kappa shape index (κ1) is 14.7. The number of amides is 1. The van der Waals surface area contributed by atoms with E-state index in [1.165, 1.54) is 6.26 Å². The van der Waals surface area contributed by atoms with E-state index in [9.17, 15) is 4.79 Å². The van der Waals surface area contributed by atoms with Gasteiger partial charge in [-0.3, -0.25) is 4.79 Å². The molecule has 122 valence electrons. The van der Waals surface area contributed by atoms with E-state index in [2.05, 4.69) is 10.1 Å². The van der Waals surface area contributed by atoms with Gasteiger partial charge in [0.25, 0.3) is 5.91 Å². The Kier molecular flexibility index (Phi) is 3.86. The maximum atomic E-state index is 12.7. The predicted octanol–water partition coefficient (Wildman–Crippen LogP) is 3.70. The summed E-state index contributed by atoms with van der Waals surface area (Å²) in [6, 6.07) is 12.8. The SMILES string of the molecule is O=C(c1ccco1)N1CCCC[C@H]1c1nc(-c2ccccc2)no1. The van der Waals surface area contributed by atoms with Crippen molar-refractivity contribution in [1.82, 2.24) is 15.0 Å². The van der Waals surface area contributed by atoms with Crippen molar-refractivity contribution < 1.29 is 13.7 Å². The van der Waals surface area contributed by atoms with E-state index >= 15 is 0 Å². The number of nitrogens with zero attached hydrogens (tertiary/aromatic N) is 3. The maximum absolute atomic E-state index is 12.7. The summed E-state index contributed by atoms with van der Waals surface area (Å²) in [5.41, 5.74) is 0.896. The zero-order valence-electron chi connectivity index (χ0n) is 13.1. The van der Waals surface area contributed by atoms with Crippen LogP contribution >= 0.6 is 0 Å². The van der Waals surface area contributed by atoms with Crippen LogP contribution in [0.4, 0.5) is 0 Å². The molecule has 24 heavy (non-hydrogen) atoms. The van der Waals surface area contributed by atoms with Gasteiger partial charge in [0.1, 0.15) is 6.04 Å². The summed E-state index contributed by atoms with van der Waals surface area (Å²) in [5, 5.41) is 4.07. The Morgan fingerprint density at radius 2 is 2.00 bits per heavy atom. The number of carbonyl (C=O) groups is 1. The van der Waals surface area contributed by atoms with Crippen LogP contribution in [0.1, 0.15) is 41.7 Å². The summed E-state index contributed by atoms with van der Waals surface area (Å²) < 4.78 is 10.7. The van der Waals surface area contributed by atoms with Crippen LogP contribution in [-0.4, -0.2) is 27.5 Å². The van der Waals surface area contributed by atoms with Gasteiger partial charge in [-0.15, -0.1) is 0 Å². The molecule has 0 spiro atoms. The van der Waals surface area contributed by atoms with Gasteiger partial charge in [0, 0.05) is 12.1 Å². The third kappa shape index (κ3) is 2.71. The lowest BCUT2D eigenvalue weighted by Gasteiger charge is -2.32. The number of aromatic nitrogens is 2. The Morgan fingerprint density at radius 3 is 2.79 bits per heavy atom. The molecule has 2 aromatic heterocycles. The molecule has 1 aliphatic heterocycles. The molecular formula is C18H17N3O3. The van der Waals surface area contributed by atoms with E-state index in [4.69, 9.17) is 8.94 Å². The number of rotatable bonds is 3. The molecule has 1 fully saturated rings. The Morgan fingerprint density at radius 1 is 1.12 bits per heavy atom. The lowest BCUT2D eigenvalue weighted by atomic mass is 10.0. The summed E-state index contributed by atoms with van der Waals surface area (Å²) in [6.07, 6.45) is 4.30. The van der Waals surface area contributed by atoms with E-state index in [0.29, 0.717) is 24.0 Å². The van der Waals surface area contributed by atoms with E-state index < -0.39 is 0 Å². The first-order valence-corrected chi connectivity index (χ1v) is 8.06. The van der Waals surface area contributed by atoms with Crippen molar-refractivity contribution in [3.8, 4) is 11.4 Å². The minimum atomic E-state index is -0.207. The normalized spacial score (nSPS) is 17.8. The minimum absolute atomic E-state index is 0.135. The van der Waals surface area contributed by atoms with Crippen molar-refractivity contribution in [2.24, 2.45) is 0 Å². The molecule has 0 aliphatic carbocycles. The molecule has 3 heterocycles. The Hall–Kier alpha value is -2.89. The second-order valence-corrected chi connectivity index (χ2v) is 5.81. The fourth-order valence-electron chi connectivity index (χ4n) is 3.05. The molecule has 0 N–H and O–H groups in total. The Bertz CT molecular complexity index is 811. The molecule has 4 rings (SSSR count). The van der Waals surface area contributed by atoms with E-state index in [-0.39, 0.29) is 11.9 Å². The fourth-order valence-corrected chi connectivity index (χ4v) is 3.05. The summed E-state index contributed by atoms with van der Waals surface area (Å²) in [5.74, 6) is 1.23. The van der Waals surface area contributed by atoms with Gasteiger partial charge in [-0.05, 0) is 31.4 Å². The van der Waals surface area contributed by atoms with Gasteiger partial charge in [0.05, 0.1) is 6.26 Å². The third-order valence-electron chi connectivity index (χ3n) is 4.25. The molecule has 0 saturated carbocycles. The summed E-state index contributed by atoms with van der Waals surface area (Å²) in [6.45, 7) is 0.660. The van der Waals surface area contributed by atoms with Gasteiger partial charge in [-0.25, -0.2) is 0 Å². The van der Waals surface area contributed by atoms with Crippen LogP contribution in [0.15, 0.2) is 57.7 Å². The highest BCUT2D eigenvalue weighted by Gasteiger charge is 2.33. The van der Waals surface area contributed by atoms with Gasteiger partial charge >= 0.3 is 0 Å². The Balaban J connectivity index is 1.62. The summed E-state index contributed by atoms with van der Waals surface area (Å²) in [4.78, 5) is 18.9. The Labute approximate surface area is 139 Å². The monoisotopic (exact) mass is 323 g/mol. The first-order chi connectivity index (χ1) is 11.8. The van der Waals surface area contributed by atoms with E-state index in [0.717, 1.165) is 24.8 Å². The lowest BCUT2D eigenvalue weighted by Crippen LogP contribution is -2.38. The number of hydrogen-bond donors (Lipinski definition) is 0. The number of carbonyl (C=O) groups excluding carboxylic acids is 1. The largest absolute Gasteiger partial charge is 0.459 e. The topological polar surface area (TPSA) is 72.4 Å². The van der Waals surface area contributed by atoms with Crippen molar-refractivity contribution in [3.05, 3.63) is 60.4 Å². The van der Waals surface area contributed by atoms with Crippen molar-refractivity contribution in [2.75, 3.05) is 6.54 Å². The van der Waals surface area contributed by atoms with Crippen LogP contribution in [0.2, 0.25) is 0 Å². The van der Waals surface area contributed by atoms with Crippen LogP contribution < -0.4 is 0 Å². The summed E-state index contributed by atoms with van der Waals surface area (Å²) in [7, 11) is 0. The van der Waals surface area contributed by atoms with Gasteiger partial charge in [0.15, 0.2) is 5.76 Å². The minimum Gasteiger partial charge on any atom is -0.459 e. The zero-order valence-corrected chi connectivity index (χ0v) is 13.1.